The van der Waals surface area contributed by atoms with Crippen LogP contribution in [0.4, 0.5) is 5.69 Å². The third kappa shape index (κ3) is 3.14. The molecule has 0 aliphatic heterocycles. The van der Waals surface area contributed by atoms with Crippen molar-refractivity contribution < 1.29 is 9.53 Å². The van der Waals surface area contributed by atoms with Crippen molar-refractivity contribution in [1.29, 1.82) is 0 Å². The molecule has 0 saturated heterocycles. The maximum Gasteiger partial charge on any atom is 0.291 e. The Morgan fingerprint density at radius 1 is 1.29 bits per heavy atom. The zero-order chi connectivity index (χ0) is 19.8. The lowest BCUT2D eigenvalue weighted by Gasteiger charge is -2.12. The van der Waals surface area contributed by atoms with Gasteiger partial charge < -0.3 is 10.1 Å². The lowest BCUT2D eigenvalue weighted by Crippen LogP contribution is -2.32. The number of carbonyl (C=O) groups excluding carboxylic acids is 1. The van der Waals surface area contributed by atoms with E-state index in [0.29, 0.717) is 28.4 Å². The smallest absolute Gasteiger partial charge is 0.291 e. The van der Waals surface area contributed by atoms with E-state index in [-0.39, 0.29) is 12.1 Å². The zero-order valence-electron chi connectivity index (χ0n) is 15.2. The van der Waals surface area contributed by atoms with Crippen LogP contribution in [0.1, 0.15) is 12.7 Å². The molecule has 0 atom stereocenters. The highest BCUT2D eigenvalue weighted by atomic mass is 35.5. The molecular weight excluding hydrogens is 400 g/mol. The molecule has 0 fully saturated rings. The number of halogens is 1. The standard InChI is InChI=1S/C19H17ClN4O3S/c1-3-17-22-23(19(26)14-9-16-13(24(14)17)6-7-28-16)10-18(25)21-12-8-11(20)4-5-15(12)27-2/h4-9H,3,10H2,1-2H3,(H,21,25). The Balaban J connectivity index is 1.70. The number of nitrogens with one attached hydrogen (secondary N) is 1. The van der Waals surface area contributed by atoms with Crippen molar-refractivity contribution in [3.8, 4) is 5.75 Å². The van der Waals surface area contributed by atoms with Crippen LogP contribution in [0.3, 0.4) is 0 Å². The molecule has 1 N–H and O–H groups in total. The number of methoxy groups -OCH3 is 1. The number of aromatic nitrogens is 3. The van der Waals surface area contributed by atoms with Crippen molar-refractivity contribution in [2.45, 2.75) is 19.9 Å². The van der Waals surface area contributed by atoms with Crippen LogP contribution >= 0.6 is 22.9 Å². The fourth-order valence-corrected chi connectivity index (χ4v) is 4.14. The maximum absolute atomic E-state index is 12.9. The SMILES string of the molecule is CCc1nn(CC(=O)Nc2cc(Cl)ccc2OC)c(=O)c2cc3sccc3n12. The highest BCUT2D eigenvalue weighted by Gasteiger charge is 2.16. The summed E-state index contributed by atoms with van der Waals surface area (Å²) in [6.07, 6.45) is 0.625. The van der Waals surface area contributed by atoms with E-state index in [9.17, 15) is 9.59 Å². The van der Waals surface area contributed by atoms with Gasteiger partial charge in [0, 0.05) is 11.4 Å². The molecule has 0 bridgehead atoms. The van der Waals surface area contributed by atoms with Gasteiger partial charge >= 0.3 is 0 Å². The summed E-state index contributed by atoms with van der Waals surface area (Å²) in [4.78, 5) is 25.4. The van der Waals surface area contributed by atoms with E-state index in [2.05, 4.69) is 10.4 Å². The van der Waals surface area contributed by atoms with Gasteiger partial charge in [0.1, 0.15) is 23.6 Å². The van der Waals surface area contributed by atoms with Crippen LogP contribution in [0.25, 0.3) is 15.7 Å². The molecule has 0 spiro atoms. The third-order valence-electron chi connectivity index (χ3n) is 4.42. The number of benzene rings is 1. The number of hydrogen-bond donors (Lipinski definition) is 1. The predicted octanol–water partition coefficient (Wildman–Crippen LogP) is 3.57. The maximum atomic E-state index is 12.9. The first kappa shape index (κ1) is 18.5. The molecule has 4 rings (SSSR count). The van der Waals surface area contributed by atoms with Crippen molar-refractivity contribution in [3.05, 3.63) is 56.9 Å². The molecule has 9 heteroatoms. The summed E-state index contributed by atoms with van der Waals surface area (Å²) in [6, 6.07) is 8.74. The van der Waals surface area contributed by atoms with Gasteiger partial charge in [-0.05, 0) is 35.7 Å². The molecule has 144 valence electrons. The third-order valence-corrected chi connectivity index (χ3v) is 5.50. The summed E-state index contributed by atoms with van der Waals surface area (Å²) < 4.78 is 9.31. The Labute approximate surface area is 169 Å². The summed E-state index contributed by atoms with van der Waals surface area (Å²) in [5.41, 5.74) is 1.60. The van der Waals surface area contributed by atoms with Crippen molar-refractivity contribution in [2.24, 2.45) is 0 Å². The van der Waals surface area contributed by atoms with Crippen LogP contribution in [0.15, 0.2) is 40.5 Å². The molecule has 28 heavy (non-hydrogen) atoms. The second-order valence-corrected chi connectivity index (χ2v) is 7.54. The summed E-state index contributed by atoms with van der Waals surface area (Å²) >= 11 is 7.56. The number of amides is 1. The first-order valence-corrected chi connectivity index (χ1v) is 9.89. The number of thiophene rings is 1. The second kappa shape index (κ2) is 7.29. The number of carbonyl (C=O) groups is 1. The normalized spacial score (nSPS) is 11.2. The van der Waals surface area contributed by atoms with E-state index in [1.807, 2.05) is 28.8 Å². The first-order chi connectivity index (χ1) is 13.5. The molecule has 3 aromatic heterocycles. The Kier molecular flexibility index (Phi) is 4.82. The molecule has 1 aromatic carbocycles. The monoisotopic (exact) mass is 416 g/mol. The van der Waals surface area contributed by atoms with Crippen LogP contribution in [0.5, 0.6) is 5.75 Å². The van der Waals surface area contributed by atoms with Crippen molar-refractivity contribution >= 4 is 50.3 Å². The topological polar surface area (TPSA) is 77.6 Å². The highest BCUT2D eigenvalue weighted by molar-refractivity contribution is 7.17. The lowest BCUT2D eigenvalue weighted by molar-refractivity contribution is -0.117. The van der Waals surface area contributed by atoms with Gasteiger partial charge in [0.15, 0.2) is 0 Å². The quantitative estimate of drug-likeness (QED) is 0.539. The van der Waals surface area contributed by atoms with E-state index in [0.717, 1.165) is 16.0 Å². The fourth-order valence-electron chi connectivity index (χ4n) is 3.16. The number of nitrogens with zero attached hydrogens (tertiary/aromatic N) is 3. The van der Waals surface area contributed by atoms with Crippen LogP contribution in [0.2, 0.25) is 5.02 Å². The average molecular weight is 417 g/mol. The van der Waals surface area contributed by atoms with E-state index >= 15 is 0 Å². The zero-order valence-corrected chi connectivity index (χ0v) is 16.8. The molecule has 3 heterocycles. The number of ether oxygens (including phenoxy) is 1. The van der Waals surface area contributed by atoms with Crippen LogP contribution in [0, 0.1) is 0 Å². The number of anilines is 1. The van der Waals surface area contributed by atoms with Gasteiger partial charge in [-0.25, -0.2) is 4.68 Å². The Hall–Kier alpha value is -2.84. The lowest BCUT2D eigenvalue weighted by atomic mass is 10.3. The summed E-state index contributed by atoms with van der Waals surface area (Å²) in [7, 11) is 1.50. The van der Waals surface area contributed by atoms with Gasteiger partial charge in [-0.15, -0.1) is 11.3 Å². The van der Waals surface area contributed by atoms with Crippen molar-refractivity contribution in [2.75, 3.05) is 12.4 Å². The van der Waals surface area contributed by atoms with Crippen molar-refractivity contribution in [3.63, 3.8) is 0 Å². The molecule has 7 nitrogen and oxygen atoms in total. The van der Waals surface area contributed by atoms with E-state index in [1.54, 1.807) is 29.5 Å². The highest BCUT2D eigenvalue weighted by Crippen LogP contribution is 2.28. The van der Waals surface area contributed by atoms with Crippen LogP contribution in [-0.2, 0) is 17.8 Å². The minimum atomic E-state index is -0.394. The van der Waals surface area contributed by atoms with Crippen LogP contribution < -0.4 is 15.6 Å². The van der Waals surface area contributed by atoms with Crippen LogP contribution in [-0.4, -0.2) is 27.2 Å². The molecule has 4 aromatic rings. The minimum absolute atomic E-state index is 0.211. The number of hydrogen-bond acceptors (Lipinski definition) is 5. The minimum Gasteiger partial charge on any atom is -0.495 e. The van der Waals surface area contributed by atoms with Crippen molar-refractivity contribution in [1.82, 2.24) is 14.2 Å². The molecule has 0 radical (unpaired) electrons. The van der Waals surface area contributed by atoms with E-state index in [4.69, 9.17) is 16.3 Å². The van der Waals surface area contributed by atoms with E-state index < -0.39 is 5.91 Å². The predicted molar refractivity (Wildman–Crippen MR) is 111 cm³/mol. The van der Waals surface area contributed by atoms with Gasteiger partial charge in [-0.2, -0.15) is 5.10 Å². The fraction of sp³-hybridized carbons (Fsp3) is 0.211. The first-order valence-electron chi connectivity index (χ1n) is 8.64. The van der Waals surface area contributed by atoms with Gasteiger partial charge in [-0.1, -0.05) is 18.5 Å². The Bertz CT molecular complexity index is 1260. The van der Waals surface area contributed by atoms with E-state index in [1.165, 1.54) is 11.8 Å². The average Bonchev–Trinajstić information content (AvgIpc) is 3.26. The summed E-state index contributed by atoms with van der Waals surface area (Å²) in [5.74, 6) is 0.806. The van der Waals surface area contributed by atoms with Gasteiger partial charge in [0.25, 0.3) is 5.56 Å². The largest absolute Gasteiger partial charge is 0.495 e. The molecule has 0 unspecified atom stereocenters. The Morgan fingerprint density at radius 3 is 2.86 bits per heavy atom. The number of rotatable bonds is 5. The summed E-state index contributed by atoms with van der Waals surface area (Å²) in [5, 5.41) is 9.60. The number of fused-ring (bicyclic) bond motifs is 3. The molecular formula is C19H17ClN4O3S. The van der Waals surface area contributed by atoms with Gasteiger partial charge in [0.2, 0.25) is 5.91 Å². The molecule has 0 aliphatic rings. The molecule has 0 aliphatic carbocycles. The molecule has 1 amide bonds. The molecule has 0 saturated carbocycles. The Morgan fingerprint density at radius 2 is 2.11 bits per heavy atom. The second-order valence-electron chi connectivity index (χ2n) is 6.16. The van der Waals surface area contributed by atoms with Gasteiger partial charge in [0.05, 0.1) is 23.0 Å². The summed E-state index contributed by atoms with van der Waals surface area (Å²) in [6.45, 7) is 1.75. The van der Waals surface area contributed by atoms with Gasteiger partial charge in [-0.3, -0.25) is 14.0 Å². The number of aryl methyl sites for hydroxylation is 1.